The van der Waals surface area contributed by atoms with Gasteiger partial charge < -0.3 is 14.0 Å². The fourth-order valence-electron chi connectivity index (χ4n) is 3.35. The zero-order chi connectivity index (χ0) is 23.3. The molecule has 3 rings (SSSR count). The molecular weight excluding hydrogens is 414 g/mol. The summed E-state index contributed by atoms with van der Waals surface area (Å²) in [5.74, 6) is -0.190. The first-order valence-corrected chi connectivity index (χ1v) is 9.88. The van der Waals surface area contributed by atoms with E-state index in [1.807, 2.05) is 31.2 Å². The van der Waals surface area contributed by atoms with E-state index in [2.05, 4.69) is 4.98 Å². The Kier molecular flexibility index (Phi) is 6.99. The Hall–Kier alpha value is -4.01. The van der Waals surface area contributed by atoms with E-state index >= 15 is 0 Å². The molecule has 0 aliphatic carbocycles. The van der Waals surface area contributed by atoms with Crippen molar-refractivity contribution in [3.05, 3.63) is 86.5 Å². The van der Waals surface area contributed by atoms with Crippen LogP contribution in [0.15, 0.2) is 59.7 Å². The van der Waals surface area contributed by atoms with Gasteiger partial charge in [0.15, 0.2) is 5.75 Å². The second kappa shape index (κ2) is 9.86. The predicted molar refractivity (Wildman–Crippen MR) is 118 cm³/mol. The van der Waals surface area contributed by atoms with Crippen molar-refractivity contribution in [3.63, 3.8) is 0 Å². The fraction of sp³-hybridized carbons (Fsp3) is 0.261. The van der Waals surface area contributed by atoms with Crippen LogP contribution in [0.1, 0.15) is 30.4 Å². The van der Waals surface area contributed by atoms with Crippen molar-refractivity contribution in [3.8, 4) is 17.0 Å². The molecular formula is C23H23N3O6. The van der Waals surface area contributed by atoms with Crippen LogP contribution < -0.4 is 10.3 Å². The average Bonchev–Trinajstić information content (AvgIpc) is 2.80. The van der Waals surface area contributed by atoms with Gasteiger partial charge in [-0.25, -0.2) is 4.98 Å². The summed E-state index contributed by atoms with van der Waals surface area (Å²) in [6.07, 6.45) is 3.39. The van der Waals surface area contributed by atoms with Crippen molar-refractivity contribution in [1.82, 2.24) is 9.55 Å². The molecule has 0 aliphatic rings. The molecule has 0 amide bonds. The molecule has 1 aromatic heterocycles. The summed E-state index contributed by atoms with van der Waals surface area (Å²) < 4.78 is 11.3. The molecule has 1 heterocycles. The Balaban J connectivity index is 1.84. The van der Waals surface area contributed by atoms with Crippen LogP contribution in [0.3, 0.4) is 0 Å². The molecule has 0 N–H and O–H groups in total. The molecule has 0 unspecified atom stereocenters. The topological polar surface area (TPSA) is 114 Å². The first kappa shape index (κ1) is 22.7. The monoisotopic (exact) mass is 437 g/mol. The Bertz CT molecular complexity index is 1190. The lowest BCUT2D eigenvalue weighted by molar-refractivity contribution is -0.385. The van der Waals surface area contributed by atoms with Crippen LogP contribution in [0.25, 0.3) is 11.3 Å². The summed E-state index contributed by atoms with van der Waals surface area (Å²) in [6.45, 7) is 2.27. The maximum absolute atomic E-state index is 13.0. The molecule has 32 heavy (non-hydrogen) atoms. The summed E-state index contributed by atoms with van der Waals surface area (Å²) in [5, 5.41) is 11.1. The number of nitro groups is 1. The number of ether oxygens (including phenoxy) is 2. The summed E-state index contributed by atoms with van der Waals surface area (Å²) in [4.78, 5) is 39.2. The summed E-state index contributed by atoms with van der Waals surface area (Å²) >= 11 is 0. The predicted octanol–water partition coefficient (Wildman–Crippen LogP) is 3.54. The third-order valence-electron chi connectivity index (χ3n) is 5.17. The Morgan fingerprint density at radius 1 is 1.19 bits per heavy atom. The Morgan fingerprint density at radius 2 is 1.91 bits per heavy atom. The lowest BCUT2D eigenvalue weighted by Gasteiger charge is -2.12. The van der Waals surface area contributed by atoms with Crippen molar-refractivity contribution in [1.29, 1.82) is 0 Å². The molecule has 2 aromatic carbocycles. The number of esters is 1. The van der Waals surface area contributed by atoms with Crippen molar-refractivity contribution in [2.75, 3.05) is 14.2 Å². The van der Waals surface area contributed by atoms with Crippen LogP contribution in [0.4, 0.5) is 5.69 Å². The smallest absolute Gasteiger partial charge is 0.310 e. The molecule has 166 valence electrons. The molecule has 3 aromatic rings. The first-order valence-electron chi connectivity index (χ1n) is 9.88. The van der Waals surface area contributed by atoms with Gasteiger partial charge >= 0.3 is 11.7 Å². The van der Waals surface area contributed by atoms with Crippen LogP contribution in [0.2, 0.25) is 0 Å². The number of hydrogen-bond acceptors (Lipinski definition) is 7. The van der Waals surface area contributed by atoms with E-state index < -0.39 is 4.92 Å². The zero-order valence-electron chi connectivity index (χ0n) is 18.0. The van der Waals surface area contributed by atoms with Crippen LogP contribution >= 0.6 is 0 Å². The van der Waals surface area contributed by atoms with E-state index in [1.165, 1.54) is 43.2 Å². The van der Waals surface area contributed by atoms with E-state index in [0.29, 0.717) is 18.5 Å². The number of nitrogens with zero attached hydrogens (tertiary/aromatic N) is 3. The molecule has 0 saturated heterocycles. The highest BCUT2D eigenvalue weighted by atomic mass is 16.6. The minimum Gasteiger partial charge on any atom is -0.490 e. The number of methoxy groups -OCH3 is 2. The molecule has 0 bridgehead atoms. The second-order valence-corrected chi connectivity index (χ2v) is 7.28. The quantitative estimate of drug-likeness (QED) is 0.301. The molecule has 0 saturated carbocycles. The molecule has 0 fully saturated rings. The number of rotatable bonds is 8. The fourth-order valence-corrected chi connectivity index (χ4v) is 3.35. The number of benzene rings is 2. The van der Waals surface area contributed by atoms with E-state index in [0.717, 1.165) is 11.1 Å². The van der Waals surface area contributed by atoms with E-state index in [1.54, 1.807) is 6.20 Å². The van der Waals surface area contributed by atoms with Gasteiger partial charge in [-0.2, -0.15) is 0 Å². The lowest BCUT2D eigenvalue weighted by atomic mass is 9.97. The zero-order valence-corrected chi connectivity index (χ0v) is 18.0. The van der Waals surface area contributed by atoms with Gasteiger partial charge in [-0.05, 0) is 29.2 Å². The highest BCUT2D eigenvalue weighted by Crippen LogP contribution is 2.30. The SMILES string of the molecule is COC(=O)C[C@@H](C)c1ccc(Cn2ccnc(-c3ccc([N+](=O)[O-])c(OC)c3)c2=O)cc1. The van der Waals surface area contributed by atoms with E-state index in [4.69, 9.17) is 9.47 Å². The van der Waals surface area contributed by atoms with Crippen molar-refractivity contribution in [2.24, 2.45) is 0 Å². The van der Waals surface area contributed by atoms with Gasteiger partial charge in [0.2, 0.25) is 0 Å². The molecule has 9 heteroatoms. The third kappa shape index (κ3) is 5.00. The minimum atomic E-state index is -0.547. The van der Waals surface area contributed by atoms with Crippen LogP contribution in [0, 0.1) is 10.1 Å². The van der Waals surface area contributed by atoms with Crippen molar-refractivity contribution in [2.45, 2.75) is 25.8 Å². The normalized spacial score (nSPS) is 11.6. The summed E-state index contributed by atoms with van der Waals surface area (Å²) in [6, 6.07) is 11.9. The third-order valence-corrected chi connectivity index (χ3v) is 5.17. The number of carbonyl (C=O) groups excluding carboxylic acids is 1. The molecule has 1 atom stereocenters. The lowest BCUT2D eigenvalue weighted by Crippen LogP contribution is -2.22. The van der Waals surface area contributed by atoms with Crippen molar-refractivity contribution >= 4 is 11.7 Å². The Labute approximate surface area is 184 Å². The van der Waals surface area contributed by atoms with Gasteiger partial charge in [-0.15, -0.1) is 0 Å². The maximum Gasteiger partial charge on any atom is 0.310 e. The van der Waals surface area contributed by atoms with Gasteiger partial charge in [0, 0.05) is 24.0 Å². The number of hydrogen-bond donors (Lipinski definition) is 0. The largest absolute Gasteiger partial charge is 0.490 e. The standard InChI is InChI=1S/C23H23N3O6/c1-15(12-21(27)32-3)17-6-4-16(5-7-17)14-25-11-10-24-22(23(25)28)18-8-9-19(26(29)30)20(13-18)31-2/h4-11,13,15H,12,14H2,1-3H3/t15-/m1/s1. The molecule has 9 nitrogen and oxygen atoms in total. The Morgan fingerprint density at radius 3 is 2.53 bits per heavy atom. The van der Waals surface area contributed by atoms with Gasteiger partial charge in [0.05, 0.1) is 32.1 Å². The second-order valence-electron chi connectivity index (χ2n) is 7.28. The van der Waals surface area contributed by atoms with E-state index in [-0.39, 0.29) is 34.6 Å². The maximum atomic E-state index is 13.0. The van der Waals surface area contributed by atoms with E-state index in [9.17, 15) is 19.7 Å². The van der Waals surface area contributed by atoms with Crippen LogP contribution in [0.5, 0.6) is 5.75 Å². The molecule has 0 aliphatic heterocycles. The highest BCUT2D eigenvalue weighted by molar-refractivity contribution is 5.70. The van der Waals surface area contributed by atoms with Crippen molar-refractivity contribution < 1.29 is 19.2 Å². The average molecular weight is 437 g/mol. The number of nitro benzene ring substituents is 1. The number of aromatic nitrogens is 2. The summed E-state index contributed by atoms with van der Waals surface area (Å²) in [5.41, 5.74) is 1.99. The molecule has 0 radical (unpaired) electrons. The van der Waals surface area contributed by atoms with Gasteiger partial charge in [-0.1, -0.05) is 31.2 Å². The minimum absolute atomic E-state index is 0.0175. The van der Waals surface area contributed by atoms with Gasteiger partial charge in [-0.3, -0.25) is 19.7 Å². The number of carbonyl (C=O) groups is 1. The van der Waals surface area contributed by atoms with Crippen LogP contribution in [-0.4, -0.2) is 34.7 Å². The first-order chi connectivity index (χ1) is 15.3. The van der Waals surface area contributed by atoms with Crippen LogP contribution in [-0.2, 0) is 16.1 Å². The molecule has 0 spiro atoms. The van der Waals surface area contributed by atoms with Gasteiger partial charge in [0.1, 0.15) is 5.69 Å². The highest BCUT2D eigenvalue weighted by Gasteiger charge is 2.18. The van der Waals surface area contributed by atoms with Gasteiger partial charge in [0.25, 0.3) is 5.56 Å². The summed E-state index contributed by atoms with van der Waals surface area (Å²) in [7, 11) is 2.70.